The Kier molecular flexibility index (Phi) is 5.91. The summed E-state index contributed by atoms with van der Waals surface area (Å²) in [5, 5.41) is 3.24. The topological polar surface area (TPSA) is 81.7 Å². The van der Waals surface area contributed by atoms with E-state index in [9.17, 15) is 14.4 Å². The molecule has 0 radical (unpaired) electrons. The number of ether oxygens (including phenoxy) is 2. The molecule has 3 atom stereocenters. The number of Topliss-reactive ketones (excluding diaryl/α,β-unsaturated/α-hetero) is 1. The van der Waals surface area contributed by atoms with Gasteiger partial charge in [-0.15, -0.1) is 0 Å². The number of aryl methyl sites for hydroxylation is 1. The van der Waals surface area contributed by atoms with Crippen LogP contribution in [-0.4, -0.2) is 31.4 Å². The van der Waals surface area contributed by atoms with Gasteiger partial charge in [-0.05, 0) is 38.7 Å². The predicted octanol–water partition coefficient (Wildman–Crippen LogP) is 3.17. The Bertz CT molecular complexity index is 910. The van der Waals surface area contributed by atoms with Crippen LogP contribution >= 0.6 is 0 Å². The highest BCUT2D eigenvalue weighted by Crippen LogP contribution is 2.45. The van der Waals surface area contributed by atoms with Crippen molar-refractivity contribution in [1.82, 2.24) is 5.32 Å². The summed E-state index contributed by atoms with van der Waals surface area (Å²) in [6.07, 6.45) is 0.524. The van der Waals surface area contributed by atoms with E-state index in [2.05, 4.69) is 5.32 Å². The number of nitrogens with one attached hydrogen (secondary N) is 1. The van der Waals surface area contributed by atoms with Gasteiger partial charge in [0.1, 0.15) is 5.92 Å². The van der Waals surface area contributed by atoms with Crippen LogP contribution in [0.5, 0.6) is 0 Å². The average molecular weight is 397 g/mol. The number of carbonyl (C=O) groups excluding carboxylic acids is 3. The van der Waals surface area contributed by atoms with Crippen LogP contribution in [0, 0.1) is 18.8 Å². The Morgan fingerprint density at radius 2 is 1.83 bits per heavy atom. The lowest BCUT2D eigenvalue weighted by atomic mass is 9.69. The lowest BCUT2D eigenvalue weighted by molar-refractivity contribution is -0.151. The number of rotatable bonds is 4. The van der Waals surface area contributed by atoms with Crippen molar-refractivity contribution in [3.63, 3.8) is 0 Å². The van der Waals surface area contributed by atoms with Crippen LogP contribution < -0.4 is 5.32 Å². The number of hydrogen-bond donors (Lipinski definition) is 1. The summed E-state index contributed by atoms with van der Waals surface area (Å²) in [5.74, 6) is -2.96. The first-order chi connectivity index (χ1) is 13.8. The first kappa shape index (κ1) is 20.8. The van der Waals surface area contributed by atoms with Crippen molar-refractivity contribution in [2.24, 2.45) is 11.8 Å². The maximum atomic E-state index is 13.5. The Hall–Kier alpha value is -2.89. The molecule has 3 rings (SSSR count). The van der Waals surface area contributed by atoms with Gasteiger partial charge in [0.15, 0.2) is 5.78 Å². The van der Waals surface area contributed by atoms with Gasteiger partial charge < -0.3 is 14.8 Å². The molecule has 0 spiro atoms. The van der Waals surface area contributed by atoms with Gasteiger partial charge in [-0.25, -0.2) is 4.79 Å². The van der Waals surface area contributed by atoms with Crippen LogP contribution in [0.1, 0.15) is 44.2 Å². The summed E-state index contributed by atoms with van der Waals surface area (Å²) in [5.41, 5.74) is 4.19. The molecule has 0 amide bonds. The highest BCUT2D eigenvalue weighted by molar-refractivity contribution is 6.12. The van der Waals surface area contributed by atoms with Crippen LogP contribution in [-0.2, 0) is 23.9 Å². The van der Waals surface area contributed by atoms with Crippen molar-refractivity contribution < 1.29 is 23.9 Å². The third-order valence-corrected chi connectivity index (χ3v) is 5.65. The number of dihydropyridines is 1. The molecular formula is C23H27NO5. The van der Waals surface area contributed by atoms with E-state index in [1.165, 1.54) is 7.11 Å². The molecule has 0 fully saturated rings. The van der Waals surface area contributed by atoms with Gasteiger partial charge in [0, 0.05) is 22.9 Å². The molecule has 6 nitrogen and oxygen atoms in total. The van der Waals surface area contributed by atoms with Crippen LogP contribution in [0.15, 0.2) is 46.8 Å². The van der Waals surface area contributed by atoms with E-state index >= 15 is 0 Å². The average Bonchev–Trinajstić information content (AvgIpc) is 2.67. The van der Waals surface area contributed by atoms with Crippen molar-refractivity contribution in [3.05, 3.63) is 57.9 Å². The number of carbonyl (C=O) groups is 3. The van der Waals surface area contributed by atoms with Crippen LogP contribution in [0.2, 0.25) is 0 Å². The number of hydrogen-bond acceptors (Lipinski definition) is 6. The smallest absolute Gasteiger partial charge is 0.336 e. The van der Waals surface area contributed by atoms with Gasteiger partial charge in [-0.1, -0.05) is 36.8 Å². The number of methoxy groups -OCH3 is 1. The number of allylic oxidation sites excluding steroid dienone is 3. The Morgan fingerprint density at radius 1 is 1.17 bits per heavy atom. The van der Waals surface area contributed by atoms with E-state index in [1.807, 2.05) is 45.0 Å². The fourth-order valence-corrected chi connectivity index (χ4v) is 4.25. The van der Waals surface area contributed by atoms with E-state index in [-0.39, 0.29) is 18.3 Å². The summed E-state index contributed by atoms with van der Waals surface area (Å²) >= 11 is 0. The van der Waals surface area contributed by atoms with Gasteiger partial charge in [0.25, 0.3) is 0 Å². The first-order valence-electron chi connectivity index (χ1n) is 9.86. The molecule has 0 saturated heterocycles. The molecule has 1 aliphatic heterocycles. The molecule has 2 aliphatic rings. The van der Waals surface area contributed by atoms with Crippen molar-refractivity contribution >= 4 is 17.7 Å². The molecule has 0 saturated carbocycles. The molecule has 154 valence electrons. The maximum Gasteiger partial charge on any atom is 0.336 e. The number of ketones is 1. The molecule has 0 aromatic heterocycles. The highest BCUT2D eigenvalue weighted by atomic mass is 16.5. The number of benzene rings is 1. The summed E-state index contributed by atoms with van der Waals surface area (Å²) < 4.78 is 10.2. The Balaban J connectivity index is 2.18. The van der Waals surface area contributed by atoms with Gasteiger partial charge in [0.2, 0.25) is 0 Å². The van der Waals surface area contributed by atoms with Crippen molar-refractivity contribution in [2.75, 3.05) is 13.7 Å². The highest BCUT2D eigenvalue weighted by Gasteiger charge is 2.47. The second-order valence-corrected chi connectivity index (χ2v) is 7.67. The zero-order valence-corrected chi connectivity index (χ0v) is 17.5. The van der Waals surface area contributed by atoms with E-state index in [0.29, 0.717) is 23.3 Å². The minimum absolute atomic E-state index is 0.197. The third-order valence-electron chi connectivity index (χ3n) is 5.65. The van der Waals surface area contributed by atoms with Gasteiger partial charge in [-0.3, -0.25) is 9.59 Å². The fraction of sp³-hybridized carbons (Fsp3) is 0.435. The van der Waals surface area contributed by atoms with Gasteiger partial charge in [0.05, 0.1) is 19.3 Å². The molecule has 1 aliphatic carbocycles. The first-order valence-corrected chi connectivity index (χ1v) is 9.86. The number of esters is 2. The summed E-state index contributed by atoms with van der Waals surface area (Å²) in [6.45, 7) is 7.64. The van der Waals surface area contributed by atoms with Crippen molar-refractivity contribution in [2.45, 2.75) is 40.0 Å². The maximum absolute atomic E-state index is 13.5. The largest absolute Gasteiger partial charge is 0.468 e. The summed E-state index contributed by atoms with van der Waals surface area (Å²) in [7, 11) is 1.29. The molecule has 3 unspecified atom stereocenters. The van der Waals surface area contributed by atoms with Gasteiger partial charge >= 0.3 is 11.9 Å². The molecule has 29 heavy (non-hydrogen) atoms. The van der Waals surface area contributed by atoms with E-state index in [0.717, 1.165) is 16.8 Å². The van der Waals surface area contributed by atoms with E-state index in [1.54, 1.807) is 6.92 Å². The summed E-state index contributed by atoms with van der Waals surface area (Å²) in [6, 6.07) is 7.73. The molecule has 1 aromatic carbocycles. The molecule has 1 aromatic rings. The standard InChI is InChI=1S/C23H27NO5/c1-6-29-23(27)18-14(4)24-16-11-13(3)17(22(26)28-5)21(25)20(16)19(18)15-9-7-12(2)8-10-15/h7-10,13,17,19,24H,6,11H2,1-5H3. The lowest BCUT2D eigenvalue weighted by Crippen LogP contribution is -2.43. The Labute approximate surface area is 171 Å². The molecule has 6 heteroatoms. The monoisotopic (exact) mass is 397 g/mol. The van der Waals surface area contributed by atoms with E-state index in [4.69, 9.17) is 9.47 Å². The summed E-state index contributed by atoms with van der Waals surface area (Å²) in [4.78, 5) is 38.7. The SMILES string of the molecule is CCOC(=O)C1=C(C)NC2=C(C(=O)C(C(=O)OC)C(C)C2)C1c1ccc(C)cc1. The third kappa shape index (κ3) is 3.71. The molecule has 1 N–H and O–H groups in total. The molecular weight excluding hydrogens is 370 g/mol. The van der Waals surface area contributed by atoms with Crippen LogP contribution in [0.3, 0.4) is 0 Å². The van der Waals surface area contributed by atoms with Crippen molar-refractivity contribution in [3.8, 4) is 0 Å². The van der Waals surface area contributed by atoms with Gasteiger partial charge in [-0.2, -0.15) is 0 Å². The molecule has 1 heterocycles. The van der Waals surface area contributed by atoms with E-state index < -0.39 is 23.8 Å². The quantitative estimate of drug-likeness (QED) is 0.621. The normalized spacial score (nSPS) is 24.0. The van der Waals surface area contributed by atoms with Crippen LogP contribution in [0.25, 0.3) is 0 Å². The minimum Gasteiger partial charge on any atom is -0.468 e. The Morgan fingerprint density at radius 3 is 2.41 bits per heavy atom. The van der Waals surface area contributed by atoms with Crippen LogP contribution in [0.4, 0.5) is 0 Å². The second kappa shape index (κ2) is 8.23. The van der Waals surface area contributed by atoms with Crippen molar-refractivity contribution in [1.29, 1.82) is 0 Å². The second-order valence-electron chi connectivity index (χ2n) is 7.67. The predicted molar refractivity (Wildman–Crippen MR) is 108 cm³/mol. The molecule has 0 bridgehead atoms. The minimum atomic E-state index is -0.879. The zero-order valence-electron chi connectivity index (χ0n) is 17.5. The zero-order chi connectivity index (χ0) is 21.3. The fourth-order valence-electron chi connectivity index (χ4n) is 4.25. The lowest BCUT2D eigenvalue weighted by Gasteiger charge is -2.38.